The van der Waals surface area contributed by atoms with Crippen molar-refractivity contribution >= 4 is 11.9 Å². The summed E-state index contributed by atoms with van der Waals surface area (Å²) in [5, 5.41) is 16.5. The van der Waals surface area contributed by atoms with Crippen molar-refractivity contribution in [2.75, 3.05) is 7.11 Å². The predicted molar refractivity (Wildman–Crippen MR) is 133 cm³/mol. The molecule has 0 fully saturated rings. The summed E-state index contributed by atoms with van der Waals surface area (Å²) in [7, 11) is 3.02. The first-order valence-electron chi connectivity index (χ1n) is 11.4. The minimum Gasteiger partial charge on any atom is -0.494 e. The molecule has 2 atom stereocenters. The number of methoxy groups -OCH3 is 1. The van der Waals surface area contributed by atoms with Crippen molar-refractivity contribution in [2.24, 2.45) is 13.0 Å². The van der Waals surface area contributed by atoms with Gasteiger partial charge in [0, 0.05) is 24.9 Å². The van der Waals surface area contributed by atoms with Gasteiger partial charge in [-0.15, -0.1) is 0 Å². The van der Waals surface area contributed by atoms with Crippen LogP contribution in [0.1, 0.15) is 36.8 Å². The molecule has 3 aromatic rings. The number of aromatic nitrogens is 3. The van der Waals surface area contributed by atoms with Crippen LogP contribution < -0.4 is 15.6 Å². The Morgan fingerprint density at radius 1 is 1.09 bits per heavy atom. The number of amides is 1. The molecule has 0 saturated carbocycles. The van der Waals surface area contributed by atoms with E-state index in [9.17, 15) is 19.5 Å². The number of aliphatic carboxylic acids is 1. The van der Waals surface area contributed by atoms with Gasteiger partial charge in [0.2, 0.25) is 5.91 Å². The second-order valence-electron chi connectivity index (χ2n) is 8.99. The number of nitrogens with zero attached hydrogens (tertiary/aromatic N) is 3. The molecule has 186 valence electrons. The third-order valence-electron chi connectivity index (χ3n) is 6.12. The Hall–Kier alpha value is -3.88. The van der Waals surface area contributed by atoms with Crippen molar-refractivity contribution in [1.82, 2.24) is 19.7 Å². The Morgan fingerprint density at radius 2 is 1.69 bits per heavy atom. The van der Waals surface area contributed by atoms with Gasteiger partial charge in [-0.2, -0.15) is 5.10 Å². The van der Waals surface area contributed by atoms with E-state index in [1.165, 1.54) is 18.0 Å². The number of ether oxygens (including phenoxy) is 1. The topological polar surface area (TPSA) is 115 Å². The number of rotatable bonds is 9. The minimum atomic E-state index is -1.12. The fourth-order valence-corrected chi connectivity index (χ4v) is 4.28. The van der Waals surface area contributed by atoms with Gasteiger partial charge in [-0.25, -0.2) is 9.48 Å². The lowest BCUT2D eigenvalue weighted by Gasteiger charge is -2.27. The lowest BCUT2D eigenvalue weighted by atomic mass is 9.99. The largest absolute Gasteiger partial charge is 0.494 e. The highest BCUT2D eigenvalue weighted by Gasteiger charge is 2.30. The molecule has 2 heterocycles. The monoisotopic (exact) mass is 480 g/mol. The van der Waals surface area contributed by atoms with E-state index in [0.29, 0.717) is 22.4 Å². The zero-order valence-electron chi connectivity index (χ0n) is 20.9. The molecule has 0 spiro atoms. The summed E-state index contributed by atoms with van der Waals surface area (Å²) in [4.78, 5) is 37.8. The number of nitrogens with one attached hydrogen (secondary N) is 1. The molecule has 0 aliphatic heterocycles. The third kappa shape index (κ3) is 5.45. The molecule has 9 heteroatoms. The summed E-state index contributed by atoms with van der Waals surface area (Å²) < 4.78 is 8.46. The van der Waals surface area contributed by atoms with Gasteiger partial charge in [0.05, 0.1) is 18.9 Å². The van der Waals surface area contributed by atoms with Crippen LogP contribution in [0, 0.1) is 19.8 Å². The van der Waals surface area contributed by atoms with Crippen molar-refractivity contribution in [1.29, 1.82) is 0 Å². The molecule has 1 aromatic carbocycles. The first kappa shape index (κ1) is 25.7. The van der Waals surface area contributed by atoms with Crippen molar-refractivity contribution in [2.45, 2.75) is 46.2 Å². The first-order chi connectivity index (χ1) is 16.5. The second-order valence-corrected chi connectivity index (χ2v) is 8.99. The van der Waals surface area contributed by atoms with Crippen LogP contribution in [0.2, 0.25) is 0 Å². The molecule has 0 aliphatic carbocycles. The average molecular weight is 481 g/mol. The molecule has 3 rings (SSSR count). The predicted octanol–water partition coefficient (Wildman–Crippen LogP) is 2.88. The fraction of sp³-hybridized carbons (Fsp3) is 0.385. The maximum absolute atomic E-state index is 13.2. The van der Waals surface area contributed by atoms with Gasteiger partial charge in [0.15, 0.2) is 5.75 Å². The molecular weight excluding hydrogens is 448 g/mol. The quantitative estimate of drug-likeness (QED) is 0.487. The number of carboxylic acids is 1. The summed E-state index contributed by atoms with van der Waals surface area (Å²) >= 11 is 0. The second kappa shape index (κ2) is 10.6. The Bertz CT molecular complexity index is 1250. The zero-order chi connectivity index (χ0) is 25.9. The van der Waals surface area contributed by atoms with Gasteiger partial charge < -0.3 is 19.7 Å². The SMILES string of the molecule is COc1cnn(C)c(=O)c1-c1ccc(C[C@H](NC(=O)C(C(C)C)n2c(C)ccc2C)C(=O)O)cc1. The number of hydrogen-bond donors (Lipinski definition) is 2. The van der Waals surface area contributed by atoms with Crippen molar-refractivity contribution in [3.8, 4) is 16.9 Å². The number of aryl methyl sites for hydroxylation is 3. The molecule has 0 bridgehead atoms. The van der Waals surface area contributed by atoms with Crippen LogP contribution in [0.25, 0.3) is 11.1 Å². The van der Waals surface area contributed by atoms with Crippen LogP contribution in [-0.4, -0.2) is 44.5 Å². The van der Waals surface area contributed by atoms with E-state index >= 15 is 0 Å². The molecule has 35 heavy (non-hydrogen) atoms. The standard InChI is InChI=1S/C26H32N4O5/c1-15(2)23(30-16(3)7-8-17(30)4)24(31)28-20(26(33)34)13-18-9-11-19(12-10-18)22-21(35-6)14-27-29(5)25(22)32/h7-12,14-15,20,23H,13H2,1-6H3,(H,28,31)(H,33,34)/t20-,23?/m0/s1. The van der Waals surface area contributed by atoms with Gasteiger partial charge in [-0.05, 0) is 43.0 Å². The van der Waals surface area contributed by atoms with Crippen LogP contribution >= 0.6 is 0 Å². The first-order valence-corrected chi connectivity index (χ1v) is 11.4. The van der Waals surface area contributed by atoms with Crippen LogP contribution in [0.4, 0.5) is 0 Å². The van der Waals surface area contributed by atoms with E-state index in [2.05, 4.69) is 10.4 Å². The maximum Gasteiger partial charge on any atom is 0.326 e. The van der Waals surface area contributed by atoms with Gasteiger partial charge in [0.1, 0.15) is 12.1 Å². The number of carbonyl (C=O) groups is 2. The lowest BCUT2D eigenvalue weighted by molar-refractivity contribution is -0.142. The molecule has 1 unspecified atom stereocenters. The van der Waals surface area contributed by atoms with Gasteiger partial charge in [0.25, 0.3) is 5.56 Å². The van der Waals surface area contributed by atoms with Crippen LogP contribution in [0.15, 0.2) is 47.4 Å². The van der Waals surface area contributed by atoms with Crippen LogP contribution in [0.5, 0.6) is 5.75 Å². The normalized spacial score (nSPS) is 12.9. The fourth-order valence-electron chi connectivity index (χ4n) is 4.28. The van der Waals surface area contributed by atoms with Gasteiger partial charge in [-0.1, -0.05) is 38.1 Å². The summed E-state index contributed by atoms with van der Waals surface area (Å²) in [5.74, 6) is -1.13. The highest BCUT2D eigenvalue weighted by atomic mass is 16.5. The molecule has 2 aromatic heterocycles. The Labute approximate surface area is 204 Å². The van der Waals surface area contributed by atoms with E-state index in [1.807, 2.05) is 44.4 Å². The lowest BCUT2D eigenvalue weighted by Crippen LogP contribution is -2.46. The molecule has 0 radical (unpaired) electrons. The Morgan fingerprint density at radius 3 is 2.20 bits per heavy atom. The molecule has 0 aliphatic rings. The van der Waals surface area contributed by atoms with Gasteiger partial charge >= 0.3 is 5.97 Å². The highest BCUT2D eigenvalue weighted by Crippen LogP contribution is 2.26. The van der Waals surface area contributed by atoms with E-state index in [4.69, 9.17) is 4.74 Å². The van der Waals surface area contributed by atoms with Crippen LogP contribution in [-0.2, 0) is 23.1 Å². The summed E-state index contributed by atoms with van der Waals surface area (Å²) in [6.45, 7) is 7.73. The average Bonchev–Trinajstić information content (AvgIpc) is 3.13. The van der Waals surface area contributed by atoms with Crippen LogP contribution in [0.3, 0.4) is 0 Å². The van der Waals surface area contributed by atoms with E-state index in [0.717, 1.165) is 11.4 Å². The molecule has 9 nitrogen and oxygen atoms in total. The summed E-state index contributed by atoms with van der Waals surface area (Å²) in [5.41, 5.74) is 3.29. The smallest absolute Gasteiger partial charge is 0.326 e. The third-order valence-corrected chi connectivity index (χ3v) is 6.12. The number of carbonyl (C=O) groups excluding carboxylic acids is 1. The maximum atomic E-state index is 13.2. The minimum absolute atomic E-state index is 0.0357. The van der Waals surface area contributed by atoms with E-state index < -0.39 is 18.1 Å². The van der Waals surface area contributed by atoms with Gasteiger partial charge in [-0.3, -0.25) is 9.59 Å². The number of carboxylic acid groups (broad SMARTS) is 1. The van der Waals surface area contributed by atoms with E-state index in [1.54, 1.807) is 31.3 Å². The van der Waals surface area contributed by atoms with Crippen molar-refractivity contribution < 1.29 is 19.4 Å². The zero-order valence-corrected chi connectivity index (χ0v) is 20.9. The summed E-state index contributed by atoms with van der Waals surface area (Å²) in [6.07, 6.45) is 1.57. The number of hydrogen-bond acceptors (Lipinski definition) is 5. The van der Waals surface area contributed by atoms with Crippen molar-refractivity contribution in [3.63, 3.8) is 0 Å². The Balaban J connectivity index is 1.83. The number of benzene rings is 1. The van der Waals surface area contributed by atoms with E-state index in [-0.39, 0.29) is 23.8 Å². The van der Waals surface area contributed by atoms with Crippen molar-refractivity contribution in [3.05, 3.63) is 69.9 Å². The molecule has 0 saturated heterocycles. The molecule has 1 amide bonds. The highest BCUT2D eigenvalue weighted by molar-refractivity contribution is 5.86. The summed E-state index contributed by atoms with van der Waals surface area (Å²) in [6, 6.07) is 9.23. The molecular formula is C26H32N4O5. The Kier molecular flexibility index (Phi) is 7.78. The molecule has 2 N–H and O–H groups in total.